The number of thiazole rings is 1. The summed E-state index contributed by atoms with van der Waals surface area (Å²) in [6, 6.07) is 16.5. The number of amides is 4. The molecule has 412 valence electrons. The monoisotopic (exact) mass is 1080 g/mol. The van der Waals surface area contributed by atoms with E-state index >= 15 is 0 Å². The van der Waals surface area contributed by atoms with Crippen LogP contribution in [-0.2, 0) is 57.8 Å². The van der Waals surface area contributed by atoms with E-state index in [1.54, 1.807) is 50.7 Å². The smallest absolute Gasteiger partial charge is 0.377 e. The maximum absolute atomic E-state index is 14.0. The van der Waals surface area contributed by atoms with Gasteiger partial charge in [0.25, 0.3) is 5.91 Å². The van der Waals surface area contributed by atoms with E-state index in [0.717, 1.165) is 44.6 Å². The van der Waals surface area contributed by atoms with E-state index in [-0.39, 0.29) is 56.6 Å². The van der Waals surface area contributed by atoms with Crippen molar-refractivity contribution in [3.8, 4) is 16.1 Å². The van der Waals surface area contributed by atoms with E-state index in [2.05, 4.69) is 26.0 Å². The van der Waals surface area contributed by atoms with Gasteiger partial charge in [-0.1, -0.05) is 65.8 Å². The van der Waals surface area contributed by atoms with E-state index < -0.39 is 35.1 Å². The van der Waals surface area contributed by atoms with E-state index in [1.165, 1.54) is 12.1 Å². The van der Waals surface area contributed by atoms with Crippen LogP contribution in [0.15, 0.2) is 78.4 Å². The number of rotatable bonds is 25. The SMILES string of the molecule is CC.Cc1ncsc1-c1ccc(CNC(=O)C2CC(C)CN2C(=O)C(NC(=O)COCCOCCOCCOCCOCCNC(=O)c2ccc3c(c2)c2cn(C)nc2n3-c2ccc(C(F)(F)F)cc2)C(C)(C)C)cc1. The second kappa shape index (κ2) is 27.7. The summed E-state index contributed by atoms with van der Waals surface area (Å²) in [5, 5.41) is 14.7. The van der Waals surface area contributed by atoms with Gasteiger partial charge in [0, 0.05) is 54.9 Å². The van der Waals surface area contributed by atoms with Crippen LogP contribution in [0.1, 0.15) is 75.1 Å². The number of benzene rings is 3. The molecule has 6 aromatic rings. The molecule has 1 fully saturated rings. The minimum absolute atomic E-state index is 0.111. The molecule has 1 aliphatic rings. The maximum atomic E-state index is 14.0. The molecule has 0 spiro atoms. The van der Waals surface area contributed by atoms with Crippen molar-refractivity contribution in [3.63, 3.8) is 0 Å². The number of alkyl halides is 3. The number of likely N-dealkylation sites (tertiary alicyclic amines) is 1. The van der Waals surface area contributed by atoms with E-state index in [0.29, 0.717) is 81.6 Å². The van der Waals surface area contributed by atoms with Gasteiger partial charge in [0.15, 0.2) is 5.65 Å². The van der Waals surface area contributed by atoms with Gasteiger partial charge in [-0.25, -0.2) is 4.98 Å². The lowest BCUT2D eigenvalue weighted by Gasteiger charge is -2.35. The van der Waals surface area contributed by atoms with Gasteiger partial charge in [-0.05, 0) is 78.3 Å². The number of carbonyl (C=O) groups is 4. The van der Waals surface area contributed by atoms with Crippen LogP contribution >= 0.6 is 11.3 Å². The molecule has 0 radical (unpaired) electrons. The summed E-state index contributed by atoms with van der Waals surface area (Å²) in [7, 11) is 1.75. The zero-order valence-corrected chi connectivity index (χ0v) is 45.4. The van der Waals surface area contributed by atoms with Crippen molar-refractivity contribution >= 4 is 56.9 Å². The number of ether oxygens (including phenoxy) is 5. The molecule has 3 aromatic carbocycles. The molecule has 76 heavy (non-hydrogen) atoms. The highest BCUT2D eigenvalue weighted by Crippen LogP contribution is 2.35. The topological polar surface area (TPSA) is 189 Å². The van der Waals surface area contributed by atoms with Gasteiger partial charge in [-0.15, -0.1) is 11.3 Å². The van der Waals surface area contributed by atoms with Gasteiger partial charge in [0.2, 0.25) is 17.7 Å². The van der Waals surface area contributed by atoms with Gasteiger partial charge in [0.1, 0.15) is 18.7 Å². The first-order chi connectivity index (χ1) is 36.4. The molecule has 7 rings (SSSR count). The number of nitrogens with one attached hydrogen (secondary N) is 3. The van der Waals surface area contributed by atoms with Crippen molar-refractivity contribution in [2.45, 2.75) is 79.7 Å². The van der Waals surface area contributed by atoms with Crippen molar-refractivity contribution in [3.05, 3.63) is 101 Å². The second-order valence-corrected chi connectivity index (χ2v) is 20.2. The Balaban J connectivity index is 0.00000463. The first-order valence-electron chi connectivity index (χ1n) is 25.6. The molecule has 0 aliphatic carbocycles. The first-order valence-corrected chi connectivity index (χ1v) is 26.5. The van der Waals surface area contributed by atoms with Gasteiger partial charge >= 0.3 is 6.18 Å². The summed E-state index contributed by atoms with van der Waals surface area (Å²) in [5.74, 6) is -1.17. The fourth-order valence-electron chi connectivity index (χ4n) is 8.69. The van der Waals surface area contributed by atoms with Crippen LogP contribution in [-0.4, -0.2) is 139 Å². The lowest BCUT2D eigenvalue weighted by atomic mass is 9.85. The summed E-state index contributed by atoms with van der Waals surface area (Å²) < 4.78 is 70.8. The van der Waals surface area contributed by atoms with Crippen molar-refractivity contribution < 1.29 is 56.0 Å². The van der Waals surface area contributed by atoms with Crippen molar-refractivity contribution in [2.75, 3.05) is 79.2 Å². The van der Waals surface area contributed by atoms with Crippen LogP contribution in [0, 0.1) is 18.3 Å². The third-order valence-electron chi connectivity index (χ3n) is 12.5. The molecule has 0 saturated carbocycles. The Hall–Kier alpha value is -6.23. The second-order valence-electron chi connectivity index (χ2n) is 19.3. The molecule has 1 saturated heterocycles. The maximum Gasteiger partial charge on any atom is 0.416 e. The fraction of sp³-hybridized carbons (Fsp3) is 0.491. The summed E-state index contributed by atoms with van der Waals surface area (Å²) in [4.78, 5) is 60.6. The van der Waals surface area contributed by atoms with Crippen LogP contribution in [0.5, 0.6) is 0 Å². The zero-order valence-electron chi connectivity index (χ0n) is 44.6. The van der Waals surface area contributed by atoms with Crippen LogP contribution < -0.4 is 16.0 Å². The number of carbonyl (C=O) groups excluding carboxylic acids is 4. The highest BCUT2D eigenvalue weighted by molar-refractivity contribution is 7.13. The number of fused-ring (bicyclic) bond motifs is 3. The fourth-order valence-corrected chi connectivity index (χ4v) is 9.50. The predicted octanol–water partition coefficient (Wildman–Crippen LogP) is 7.89. The molecule has 3 aromatic heterocycles. The molecular formula is C55H71F3N8O9S. The highest BCUT2D eigenvalue weighted by atomic mass is 32.1. The number of aryl methyl sites for hydroxylation is 2. The summed E-state index contributed by atoms with van der Waals surface area (Å²) in [5.41, 5.74) is 5.62. The molecular weight excluding hydrogens is 1010 g/mol. The lowest BCUT2D eigenvalue weighted by molar-refractivity contribution is -0.144. The van der Waals surface area contributed by atoms with E-state index in [1.807, 2.05) is 84.4 Å². The third-order valence-corrected chi connectivity index (χ3v) is 13.4. The average molecular weight is 1080 g/mol. The Bertz CT molecular complexity index is 2840. The van der Waals surface area contributed by atoms with Gasteiger partial charge in [0.05, 0.1) is 86.6 Å². The molecule has 3 unspecified atom stereocenters. The molecule has 1 aliphatic heterocycles. The Labute approximate surface area is 445 Å². The third kappa shape index (κ3) is 15.9. The van der Waals surface area contributed by atoms with Crippen molar-refractivity contribution in [1.29, 1.82) is 0 Å². The molecule has 3 atom stereocenters. The largest absolute Gasteiger partial charge is 0.416 e. The molecule has 0 bridgehead atoms. The minimum atomic E-state index is -4.45. The van der Waals surface area contributed by atoms with Gasteiger partial charge in [-0.3, -0.25) is 28.4 Å². The van der Waals surface area contributed by atoms with Crippen LogP contribution in [0.2, 0.25) is 0 Å². The minimum Gasteiger partial charge on any atom is -0.377 e. The molecule has 4 amide bonds. The highest BCUT2D eigenvalue weighted by Gasteiger charge is 2.44. The quantitative estimate of drug-likeness (QED) is 0.0473. The molecule has 4 heterocycles. The van der Waals surface area contributed by atoms with Gasteiger partial charge in [-0.2, -0.15) is 18.3 Å². The standard InChI is InChI=1S/C53H65F3N8O9S.C2H6/c1-34-27-44(50(67)58-29-36-7-9-37(10-8-36)46-35(2)59-33-74-46)63(30-34)51(68)47(52(3,4)5)60-45(65)32-73-26-25-72-24-23-71-22-21-70-20-19-69-18-17-57-49(66)38-11-16-43-41(28-38)42-31-62(6)61-48(42)64(43)40-14-12-39(13-15-40)53(54,55)56;1-2/h7-16,28,31,33-34,44,47H,17-27,29-30,32H2,1-6H3,(H,57,66)(H,58,67)(H,60,65);1-2H3. The summed E-state index contributed by atoms with van der Waals surface area (Å²) in [6.07, 6.45) is -2.12. The van der Waals surface area contributed by atoms with Crippen molar-refractivity contribution in [1.82, 2.24) is 40.2 Å². The number of hydrogen-bond acceptors (Lipinski definition) is 12. The van der Waals surface area contributed by atoms with Crippen molar-refractivity contribution in [2.24, 2.45) is 18.4 Å². The normalized spacial score (nSPS) is 15.2. The Kier molecular flexibility index (Phi) is 21.5. The molecule has 21 heteroatoms. The summed E-state index contributed by atoms with van der Waals surface area (Å²) >= 11 is 1.58. The Morgan fingerprint density at radius 3 is 2.01 bits per heavy atom. The van der Waals surface area contributed by atoms with Crippen LogP contribution in [0.3, 0.4) is 0 Å². The predicted molar refractivity (Wildman–Crippen MR) is 285 cm³/mol. The Morgan fingerprint density at radius 2 is 1.42 bits per heavy atom. The number of nitrogens with zero attached hydrogens (tertiary/aromatic N) is 5. The first kappa shape index (κ1) is 59.0. The molecule has 3 N–H and O–H groups in total. The lowest BCUT2D eigenvalue weighted by Crippen LogP contribution is -2.58. The average Bonchev–Trinajstić information content (AvgIpc) is 4.24. The number of aromatic nitrogens is 4. The number of halogens is 3. The van der Waals surface area contributed by atoms with Crippen LogP contribution in [0.4, 0.5) is 13.2 Å². The van der Waals surface area contributed by atoms with Gasteiger partial charge < -0.3 is 44.5 Å². The number of hydrogen-bond donors (Lipinski definition) is 3. The zero-order chi connectivity index (χ0) is 55.0. The van der Waals surface area contributed by atoms with E-state index in [9.17, 15) is 32.3 Å². The Morgan fingerprint density at radius 1 is 0.803 bits per heavy atom. The summed E-state index contributed by atoms with van der Waals surface area (Å²) in [6.45, 7) is 17.0. The van der Waals surface area contributed by atoms with Crippen LogP contribution in [0.25, 0.3) is 38.1 Å². The van der Waals surface area contributed by atoms with E-state index in [4.69, 9.17) is 23.7 Å². The molecule has 17 nitrogen and oxygen atoms in total.